The average Bonchev–Trinajstić information content (AvgIpc) is 2.77. The second kappa shape index (κ2) is 12.6. The van der Waals surface area contributed by atoms with Gasteiger partial charge in [0.05, 0.1) is 31.2 Å². The van der Waals surface area contributed by atoms with Crippen molar-refractivity contribution in [2.45, 2.75) is 31.3 Å². The first-order valence-electron chi connectivity index (χ1n) is 10.1. The van der Waals surface area contributed by atoms with Crippen LogP contribution in [0.15, 0.2) is 73.3 Å². The SMILES string of the molecule is C=CC[C@H](CC(=O)N[C@H](CO)Cc1ccccc1)C(=O)N[C@H](CO)c1ccccc1. The van der Waals surface area contributed by atoms with Gasteiger partial charge in [-0.2, -0.15) is 0 Å². The van der Waals surface area contributed by atoms with Crippen molar-refractivity contribution in [1.82, 2.24) is 10.6 Å². The standard InChI is InChI=1S/C24H30N2O4/c1-2-9-20(24(30)26-22(17-28)19-12-7-4-8-13-19)15-23(29)25-21(16-27)14-18-10-5-3-6-11-18/h2-8,10-13,20-22,27-28H,1,9,14-17H2,(H,25,29)(H,26,30)/t20-,21+,22-/m1/s1. The van der Waals surface area contributed by atoms with E-state index in [0.29, 0.717) is 12.8 Å². The zero-order valence-corrected chi connectivity index (χ0v) is 17.0. The third-order valence-corrected chi connectivity index (χ3v) is 4.87. The summed E-state index contributed by atoms with van der Waals surface area (Å²) >= 11 is 0. The molecule has 4 N–H and O–H groups in total. The number of carbonyl (C=O) groups is 2. The van der Waals surface area contributed by atoms with Gasteiger partial charge in [0.1, 0.15) is 0 Å². The van der Waals surface area contributed by atoms with Gasteiger partial charge in [0, 0.05) is 6.42 Å². The van der Waals surface area contributed by atoms with E-state index in [0.717, 1.165) is 11.1 Å². The lowest BCUT2D eigenvalue weighted by Crippen LogP contribution is -2.42. The maximum Gasteiger partial charge on any atom is 0.224 e. The largest absolute Gasteiger partial charge is 0.394 e. The smallest absolute Gasteiger partial charge is 0.224 e. The van der Waals surface area contributed by atoms with Gasteiger partial charge < -0.3 is 20.8 Å². The monoisotopic (exact) mass is 410 g/mol. The summed E-state index contributed by atoms with van der Waals surface area (Å²) in [5, 5.41) is 24.9. The molecule has 0 saturated heterocycles. The molecule has 0 radical (unpaired) electrons. The second-order valence-corrected chi connectivity index (χ2v) is 7.22. The Bertz CT molecular complexity index is 795. The Labute approximate surface area is 177 Å². The molecule has 30 heavy (non-hydrogen) atoms. The lowest BCUT2D eigenvalue weighted by Gasteiger charge is -2.22. The predicted molar refractivity (Wildman–Crippen MR) is 116 cm³/mol. The van der Waals surface area contributed by atoms with Crippen LogP contribution in [0.2, 0.25) is 0 Å². The summed E-state index contributed by atoms with van der Waals surface area (Å²) in [5.41, 5.74) is 1.80. The zero-order chi connectivity index (χ0) is 21.8. The summed E-state index contributed by atoms with van der Waals surface area (Å²) in [4.78, 5) is 25.3. The van der Waals surface area contributed by atoms with Gasteiger partial charge in [-0.25, -0.2) is 0 Å². The van der Waals surface area contributed by atoms with E-state index in [9.17, 15) is 19.8 Å². The Balaban J connectivity index is 1.96. The fraction of sp³-hybridized carbons (Fsp3) is 0.333. The number of aliphatic hydroxyl groups is 2. The van der Waals surface area contributed by atoms with E-state index in [-0.39, 0.29) is 31.4 Å². The van der Waals surface area contributed by atoms with Crippen molar-refractivity contribution < 1.29 is 19.8 Å². The van der Waals surface area contributed by atoms with Crippen LogP contribution in [0.5, 0.6) is 0 Å². The fourth-order valence-electron chi connectivity index (χ4n) is 3.26. The van der Waals surface area contributed by atoms with Crippen LogP contribution >= 0.6 is 0 Å². The number of rotatable bonds is 12. The average molecular weight is 411 g/mol. The van der Waals surface area contributed by atoms with Gasteiger partial charge in [0.25, 0.3) is 0 Å². The highest BCUT2D eigenvalue weighted by Crippen LogP contribution is 2.16. The molecule has 6 heteroatoms. The van der Waals surface area contributed by atoms with E-state index in [4.69, 9.17) is 0 Å². The molecule has 0 aromatic heterocycles. The van der Waals surface area contributed by atoms with E-state index >= 15 is 0 Å². The summed E-state index contributed by atoms with van der Waals surface area (Å²) in [6.45, 7) is 3.24. The molecule has 0 aliphatic carbocycles. The maximum atomic E-state index is 12.8. The minimum atomic E-state index is -0.615. The predicted octanol–water partition coefficient (Wildman–Crippen LogP) is 2.14. The molecule has 0 bridgehead atoms. The third-order valence-electron chi connectivity index (χ3n) is 4.87. The molecule has 0 aliphatic rings. The van der Waals surface area contributed by atoms with Crippen LogP contribution in [0.4, 0.5) is 0 Å². The van der Waals surface area contributed by atoms with E-state index in [2.05, 4.69) is 17.2 Å². The number of allylic oxidation sites excluding steroid dienone is 1. The molecule has 0 spiro atoms. The van der Waals surface area contributed by atoms with Crippen LogP contribution in [-0.2, 0) is 16.0 Å². The quantitative estimate of drug-likeness (QED) is 0.403. The van der Waals surface area contributed by atoms with Crippen molar-refractivity contribution in [2.75, 3.05) is 13.2 Å². The number of hydrogen-bond acceptors (Lipinski definition) is 4. The molecule has 2 aromatic rings. The molecule has 2 rings (SSSR count). The molecular formula is C24H30N2O4. The zero-order valence-electron chi connectivity index (χ0n) is 17.0. The Morgan fingerprint density at radius 1 is 0.933 bits per heavy atom. The number of amides is 2. The Morgan fingerprint density at radius 3 is 2.13 bits per heavy atom. The van der Waals surface area contributed by atoms with Crippen LogP contribution in [0.1, 0.15) is 30.0 Å². The van der Waals surface area contributed by atoms with E-state index < -0.39 is 18.0 Å². The molecule has 2 amide bonds. The number of benzene rings is 2. The lowest BCUT2D eigenvalue weighted by atomic mass is 9.98. The first-order chi connectivity index (χ1) is 14.6. The number of carbonyl (C=O) groups excluding carboxylic acids is 2. The second-order valence-electron chi connectivity index (χ2n) is 7.22. The Kier molecular flexibility index (Phi) is 9.77. The van der Waals surface area contributed by atoms with Crippen LogP contribution in [0, 0.1) is 5.92 Å². The van der Waals surface area contributed by atoms with Gasteiger partial charge in [0.15, 0.2) is 0 Å². The summed E-state index contributed by atoms with van der Waals surface area (Å²) in [5.74, 6) is -1.25. The van der Waals surface area contributed by atoms with Gasteiger partial charge in [0.2, 0.25) is 11.8 Å². The molecule has 2 aromatic carbocycles. The molecule has 0 saturated carbocycles. The van der Waals surface area contributed by atoms with E-state index in [1.165, 1.54) is 0 Å². The molecule has 0 aliphatic heterocycles. The van der Waals surface area contributed by atoms with Crippen molar-refractivity contribution in [1.29, 1.82) is 0 Å². The van der Waals surface area contributed by atoms with Crippen molar-refractivity contribution in [2.24, 2.45) is 5.92 Å². The number of nitrogens with one attached hydrogen (secondary N) is 2. The highest BCUT2D eigenvalue weighted by molar-refractivity contribution is 5.86. The van der Waals surface area contributed by atoms with Gasteiger partial charge in [-0.3, -0.25) is 9.59 Å². The van der Waals surface area contributed by atoms with Gasteiger partial charge >= 0.3 is 0 Å². The first-order valence-corrected chi connectivity index (χ1v) is 10.1. The van der Waals surface area contributed by atoms with E-state index in [1.807, 2.05) is 60.7 Å². The lowest BCUT2D eigenvalue weighted by molar-refractivity contribution is -0.131. The molecule has 0 fully saturated rings. The summed E-state index contributed by atoms with van der Waals surface area (Å²) in [6, 6.07) is 17.8. The van der Waals surface area contributed by atoms with Crippen LogP contribution in [0.25, 0.3) is 0 Å². The number of hydrogen-bond donors (Lipinski definition) is 4. The number of aliphatic hydroxyl groups excluding tert-OH is 2. The van der Waals surface area contributed by atoms with Crippen LogP contribution in [0.3, 0.4) is 0 Å². The molecule has 3 atom stereocenters. The summed E-state index contributed by atoms with van der Waals surface area (Å²) in [7, 11) is 0. The van der Waals surface area contributed by atoms with Gasteiger partial charge in [-0.15, -0.1) is 6.58 Å². The highest BCUT2D eigenvalue weighted by atomic mass is 16.3. The fourth-order valence-corrected chi connectivity index (χ4v) is 3.26. The van der Waals surface area contributed by atoms with Crippen molar-refractivity contribution in [3.63, 3.8) is 0 Å². The molecular weight excluding hydrogens is 380 g/mol. The van der Waals surface area contributed by atoms with Gasteiger partial charge in [-0.1, -0.05) is 66.7 Å². The Hall–Kier alpha value is -2.96. The summed E-state index contributed by atoms with van der Waals surface area (Å²) in [6.07, 6.45) is 2.40. The highest BCUT2D eigenvalue weighted by Gasteiger charge is 2.24. The van der Waals surface area contributed by atoms with Crippen molar-refractivity contribution >= 4 is 11.8 Å². The minimum Gasteiger partial charge on any atom is -0.394 e. The first kappa shape index (κ1) is 23.3. The normalized spacial score (nSPS) is 13.7. The van der Waals surface area contributed by atoms with Crippen LogP contribution in [-0.4, -0.2) is 41.3 Å². The maximum absolute atomic E-state index is 12.8. The van der Waals surface area contributed by atoms with Gasteiger partial charge in [-0.05, 0) is 24.0 Å². The molecule has 0 unspecified atom stereocenters. The van der Waals surface area contributed by atoms with Crippen LogP contribution < -0.4 is 10.6 Å². The molecule has 160 valence electrons. The topological polar surface area (TPSA) is 98.7 Å². The third kappa shape index (κ3) is 7.46. The molecule has 0 heterocycles. The van der Waals surface area contributed by atoms with E-state index in [1.54, 1.807) is 6.08 Å². The van der Waals surface area contributed by atoms with Crippen molar-refractivity contribution in [3.8, 4) is 0 Å². The molecule has 6 nitrogen and oxygen atoms in total. The Morgan fingerprint density at radius 2 is 1.57 bits per heavy atom. The minimum absolute atomic E-state index is 0.0317. The van der Waals surface area contributed by atoms with Crippen molar-refractivity contribution in [3.05, 3.63) is 84.4 Å². The summed E-state index contributed by atoms with van der Waals surface area (Å²) < 4.78 is 0.